The number of aromatic nitrogens is 3. The Bertz CT molecular complexity index is 1490. The van der Waals surface area contributed by atoms with Crippen LogP contribution in [0.2, 0.25) is 0 Å². The number of H-pyrrole nitrogens is 2. The van der Waals surface area contributed by atoms with Gasteiger partial charge in [-0.1, -0.05) is 24.3 Å². The molecule has 1 aliphatic rings. The van der Waals surface area contributed by atoms with Crippen molar-refractivity contribution in [1.29, 1.82) is 0 Å². The van der Waals surface area contributed by atoms with Gasteiger partial charge in [0, 0.05) is 35.7 Å². The van der Waals surface area contributed by atoms with Gasteiger partial charge in [-0.2, -0.15) is 0 Å². The van der Waals surface area contributed by atoms with Crippen molar-refractivity contribution in [3.63, 3.8) is 0 Å². The van der Waals surface area contributed by atoms with Gasteiger partial charge in [0.2, 0.25) is 6.79 Å². The van der Waals surface area contributed by atoms with Gasteiger partial charge < -0.3 is 24.8 Å². The minimum Gasteiger partial charge on any atom is -0.454 e. The molecule has 0 bridgehead atoms. The molecule has 0 saturated carbocycles. The molecule has 33 heavy (non-hydrogen) atoms. The van der Waals surface area contributed by atoms with Gasteiger partial charge in [-0.3, -0.25) is 4.79 Å². The van der Waals surface area contributed by atoms with Crippen LogP contribution in [0.4, 0.5) is 5.69 Å². The molecule has 0 atom stereocenters. The van der Waals surface area contributed by atoms with Crippen molar-refractivity contribution < 1.29 is 9.47 Å². The van der Waals surface area contributed by atoms with Crippen LogP contribution in [0.25, 0.3) is 21.9 Å². The highest BCUT2D eigenvalue weighted by molar-refractivity contribution is 5.83. The number of rotatable bonds is 6. The molecule has 0 unspecified atom stereocenters. The zero-order chi connectivity index (χ0) is 22.2. The van der Waals surface area contributed by atoms with Crippen LogP contribution in [0.5, 0.6) is 11.5 Å². The summed E-state index contributed by atoms with van der Waals surface area (Å²) in [5.74, 6) is 2.35. The largest absolute Gasteiger partial charge is 0.454 e. The summed E-state index contributed by atoms with van der Waals surface area (Å²) >= 11 is 0. The van der Waals surface area contributed by atoms with E-state index in [1.807, 2.05) is 48.5 Å². The third-order valence-corrected chi connectivity index (χ3v) is 5.94. The number of benzene rings is 3. The molecule has 3 N–H and O–H groups in total. The average Bonchev–Trinajstić information content (AvgIpc) is 3.46. The number of anilines is 1. The molecule has 3 aromatic carbocycles. The number of ether oxygens (including phenoxy) is 2. The Labute approximate surface area is 189 Å². The summed E-state index contributed by atoms with van der Waals surface area (Å²) < 4.78 is 10.8. The predicted octanol–water partition coefficient (Wildman–Crippen LogP) is 4.53. The van der Waals surface area contributed by atoms with Crippen LogP contribution in [-0.4, -0.2) is 21.7 Å². The van der Waals surface area contributed by atoms with Crippen molar-refractivity contribution in [2.45, 2.75) is 19.4 Å². The van der Waals surface area contributed by atoms with Crippen LogP contribution in [0.3, 0.4) is 0 Å². The van der Waals surface area contributed by atoms with Crippen LogP contribution < -0.4 is 20.3 Å². The van der Waals surface area contributed by atoms with E-state index in [1.54, 1.807) is 6.07 Å². The lowest BCUT2D eigenvalue weighted by molar-refractivity contribution is 0.174. The molecular formula is C26H22N4O3. The third kappa shape index (κ3) is 3.89. The fraction of sp³-hybridized carbons (Fsp3) is 0.154. The first-order valence-corrected chi connectivity index (χ1v) is 10.9. The Morgan fingerprint density at radius 1 is 0.879 bits per heavy atom. The normalized spacial score (nSPS) is 12.5. The van der Waals surface area contributed by atoms with Crippen molar-refractivity contribution in [3.8, 4) is 11.5 Å². The van der Waals surface area contributed by atoms with Crippen molar-refractivity contribution >= 4 is 27.6 Å². The summed E-state index contributed by atoms with van der Waals surface area (Å²) in [7, 11) is 0. The fourth-order valence-corrected chi connectivity index (χ4v) is 4.15. The van der Waals surface area contributed by atoms with E-state index in [2.05, 4.69) is 32.4 Å². The van der Waals surface area contributed by atoms with Gasteiger partial charge in [0.1, 0.15) is 5.82 Å². The van der Waals surface area contributed by atoms with Crippen LogP contribution in [0.15, 0.2) is 71.5 Å². The van der Waals surface area contributed by atoms with Gasteiger partial charge in [0.25, 0.3) is 5.56 Å². The molecule has 1 aliphatic heterocycles. The van der Waals surface area contributed by atoms with E-state index in [9.17, 15) is 4.79 Å². The number of pyridine rings is 1. The lowest BCUT2D eigenvalue weighted by Crippen LogP contribution is -2.15. The average molecular weight is 438 g/mol. The second-order valence-electron chi connectivity index (χ2n) is 8.17. The maximum Gasteiger partial charge on any atom is 0.253 e. The minimum absolute atomic E-state index is 0.115. The van der Waals surface area contributed by atoms with Crippen molar-refractivity contribution in [1.82, 2.24) is 15.0 Å². The summed E-state index contributed by atoms with van der Waals surface area (Å²) in [6.45, 7) is 0.636. The first-order valence-electron chi connectivity index (χ1n) is 10.9. The highest BCUT2D eigenvalue weighted by Gasteiger charge is 2.15. The van der Waals surface area contributed by atoms with Gasteiger partial charge >= 0.3 is 0 Å². The number of hydrogen-bond donors (Lipinski definition) is 3. The van der Waals surface area contributed by atoms with Gasteiger partial charge in [-0.25, -0.2) is 4.98 Å². The summed E-state index contributed by atoms with van der Waals surface area (Å²) in [4.78, 5) is 23.5. The number of aromatic amines is 2. The lowest BCUT2D eigenvalue weighted by Gasteiger charge is -2.09. The first kappa shape index (κ1) is 19.4. The van der Waals surface area contributed by atoms with E-state index >= 15 is 0 Å². The van der Waals surface area contributed by atoms with Crippen molar-refractivity contribution in [2.75, 3.05) is 12.1 Å². The fourth-order valence-electron chi connectivity index (χ4n) is 4.15. The molecule has 0 amide bonds. The second kappa shape index (κ2) is 8.02. The number of para-hydroxylation sites is 2. The Morgan fingerprint density at radius 3 is 2.55 bits per heavy atom. The molecule has 0 saturated heterocycles. The molecule has 0 spiro atoms. The van der Waals surface area contributed by atoms with Gasteiger partial charge in [-0.05, 0) is 48.4 Å². The van der Waals surface area contributed by atoms with E-state index in [0.717, 1.165) is 46.3 Å². The SMILES string of the molecule is O=c1[nH]c2cc3c(cc2cc1CNc1ccc(CCc2nc4ccccc4[nH]2)cc1)OCO3. The van der Waals surface area contributed by atoms with Gasteiger partial charge in [-0.15, -0.1) is 0 Å². The first-order chi connectivity index (χ1) is 16.2. The summed E-state index contributed by atoms with van der Waals surface area (Å²) in [5, 5.41) is 4.26. The molecule has 0 fully saturated rings. The molecule has 2 aromatic heterocycles. The van der Waals surface area contributed by atoms with Crippen LogP contribution >= 0.6 is 0 Å². The Balaban J connectivity index is 1.11. The maximum absolute atomic E-state index is 12.5. The monoisotopic (exact) mass is 438 g/mol. The third-order valence-electron chi connectivity index (χ3n) is 5.94. The van der Waals surface area contributed by atoms with Crippen molar-refractivity contribution in [3.05, 3.63) is 94.0 Å². The number of fused-ring (bicyclic) bond motifs is 3. The lowest BCUT2D eigenvalue weighted by atomic mass is 10.1. The quantitative estimate of drug-likeness (QED) is 0.362. The van der Waals surface area contributed by atoms with E-state index < -0.39 is 0 Å². The van der Waals surface area contributed by atoms with E-state index in [4.69, 9.17) is 9.47 Å². The van der Waals surface area contributed by atoms with Gasteiger partial charge in [0.05, 0.1) is 16.6 Å². The maximum atomic E-state index is 12.5. The number of imidazole rings is 1. The number of nitrogens with zero attached hydrogens (tertiary/aromatic N) is 1. The van der Waals surface area contributed by atoms with Crippen LogP contribution in [-0.2, 0) is 19.4 Å². The Kier molecular flexibility index (Phi) is 4.72. The summed E-state index contributed by atoms with van der Waals surface area (Å²) in [6, 6.07) is 22.0. The van der Waals surface area contributed by atoms with E-state index in [-0.39, 0.29) is 12.4 Å². The zero-order valence-corrected chi connectivity index (χ0v) is 17.9. The molecule has 164 valence electrons. The molecule has 5 aromatic rings. The van der Waals surface area contributed by atoms with Crippen LogP contribution in [0, 0.1) is 0 Å². The molecule has 6 rings (SSSR count). The molecule has 0 radical (unpaired) electrons. The Hall–Kier alpha value is -4.26. The molecule has 7 heteroatoms. The molecular weight excluding hydrogens is 416 g/mol. The predicted molar refractivity (Wildman–Crippen MR) is 128 cm³/mol. The second-order valence-corrected chi connectivity index (χ2v) is 8.17. The summed E-state index contributed by atoms with van der Waals surface area (Å²) in [5.41, 5.74) is 5.56. The number of hydrogen-bond acceptors (Lipinski definition) is 5. The number of nitrogens with one attached hydrogen (secondary N) is 3. The molecule has 0 aliphatic carbocycles. The van der Waals surface area contributed by atoms with E-state index in [0.29, 0.717) is 23.6 Å². The zero-order valence-electron chi connectivity index (χ0n) is 17.9. The number of aryl methyl sites for hydroxylation is 2. The highest BCUT2D eigenvalue weighted by Crippen LogP contribution is 2.35. The smallest absolute Gasteiger partial charge is 0.253 e. The minimum atomic E-state index is -0.115. The van der Waals surface area contributed by atoms with Crippen molar-refractivity contribution in [2.24, 2.45) is 0 Å². The van der Waals surface area contributed by atoms with Gasteiger partial charge in [0.15, 0.2) is 11.5 Å². The topological polar surface area (TPSA) is 92.0 Å². The van der Waals surface area contributed by atoms with E-state index in [1.165, 1.54) is 5.56 Å². The molecule has 7 nitrogen and oxygen atoms in total. The summed E-state index contributed by atoms with van der Waals surface area (Å²) in [6.07, 6.45) is 1.76. The van der Waals surface area contributed by atoms with Crippen LogP contribution in [0.1, 0.15) is 17.0 Å². The standard InChI is InChI=1S/C26H22N4O3/c31-26-18(11-17-12-23-24(33-15-32-23)13-22(17)30-26)14-27-19-8-5-16(6-9-19)7-10-25-28-20-3-1-2-4-21(20)29-25/h1-6,8-9,11-13,27H,7,10,14-15H2,(H,28,29)(H,30,31). The molecule has 3 heterocycles. The highest BCUT2D eigenvalue weighted by atomic mass is 16.7. The Morgan fingerprint density at radius 2 is 1.70 bits per heavy atom.